The van der Waals surface area contributed by atoms with E-state index in [2.05, 4.69) is 25.9 Å². The summed E-state index contributed by atoms with van der Waals surface area (Å²) in [6, 6.07) is 3.74. The van der Waals surface area contributed by atoms with E-state index in [1.54, 1.807) is 0 Å². The van der Waals surface area contributed by atoms with Crippen LogP contribution in [0.15, 0.2) is 21.2 Å². The fourth-order valence-corrected chi connectivity index (χ4v) is 1.28. The third kappa shape index (κ3) is 1.22. The van der Waals surface area contributed by atoms with Crippen molar-refractivity contribution in [1.29, 1.82) is 0 Å². The van der Waals surface area contributed by atoms with E-state index in [1.165, 1.54) is 0 Å². The van der Waals surface area contributed by atoms with Gasteiger partial charge in [-0.15, -0.1) is 0 Å². The van der Waals surface area contributed by atoms with E-state index >= 15 is 0 Å². The number of pyridine rings is 1. The number of hydrogen-bond donors (Lipinski definition) is 0. The number of aromatic nitrogens is 2. The Bertz CT molecular complexity index is 410. The van der Waals surface area contributed by atoms with Crippen LogP contribution < -0.4 is 0 Å². The summed E-state index contributed by atoms with van der Waals surface area (Å²) in [7, 11) is 0. The Morgan fingerprint density at radius 2 is 2.25 bits per heavy atom. The summed E-state index contributed by atoms with van der Waals surface area (Å²) in [4.78, 5) is 8.35. The van der Waals surface area contributed by atoms with Crippen LogP contribution in [0.3, 0.4) is 0 Å². The van der Waals surface area contributed by atoms with Crippen LogP contribution in [0, 0.1) is 0 Å². The molecule has 2 heterocycles. The molecule has 0 N–H and O–H groups in total. The molecule has 0 aliphatic carbocycles. The first-order valence-corrected chi connectivity index (χ1v) is 4.51. The Morgan fingerprint density at radius 1 is 1.42 bits per heavy atom. The van der Waals surface area contributed by atoms with Gasteiger partial charge in [0.25, 0.3) is 0 Å². The molecule has 0 fully saturated rings. The highest BCUT2D eigenvalue weighted by Crippen LogP contribution is 2.16. The molecule has 12 heavy (non-hydrogen) atoms. The lowest BCUT2D eigenvalue weighted by Crippen LogP contribution is -1.75. The molecule has 0 saturated heterocycles. The summed E-state index contributed by atoms with van der Waals surface area (Å²) >= 11 is 3.26. The molecule has 0 saturated carbocycles. The van der Waals surface area contributed by atoms with Crippen molar-refractivity contribution in [3.8, 4) is 0 Å². The van der Waals surface area contributed by atoms with Crippen molar-refractivity contribution >= 4 is 27.2 Å². The molecule has 2 rings (SSSR count). The van der Waals surface area contributed by atoms with Gasteiger partial charge in [0.1, 0.15) is 10.1 Å². The predicted octanol–water partition coefficient (Wildman–Crippen LogP) is 2.55. The number of oxazole rings is 1. The summed E-state index contributed by atoms with van der Waals surface area (Å²) in [6.45, 7) is 2.00. The lowest BCUT2D eigenvalue weighted by molar-refractivity contribution is 0.529. The molecule has 0 radical (unpaired) electrons. The van der Waals surface area contributed by atoms with E-state index in [9.17, 15) is 0 Å². The molecule has 0 spiro atoms. The summed E-state index contributed by atoms with van der Waals surface area (Å²) < 4.78 is 6.12. The zero-order chi connectivity index (χ0) is 8.55. The molecule has 0 bridgehead atoms. The highest BCUT2D eigenvalue weighted by molar-refractivity contribution is 9.10. The Kier molecular flexibility index (Phi) is 1.84. The number of aryl methyl sites for hydroxylation is 1. The van der Waals surface area contributed by atoms with E-state index in [-0.39, 0.29) is 0 Å². The molecule has 0 aliphatic rings. The van der Waals surface area contributed by atoms with Crippen molar-refractivity contribution < 1.29 is 4.42 Å². The van der Waals surface area contributed by atoms with E-state index in [4.69, 9.17) is 4.42 Å². The Labute approximate surface area is 77.9 Å². The second-order valence-electron chi connectivity index (χ2n) is 2.42. The number of hydrogen-bond acceptors (Lipinski definition) is 3. The van der Waals surface area contributed by atoms with Crippen LogP contribution in [0.5, 0.6) is 0 Å². The van der Waals surface area contributed by atoms with Gasteiger partial charge in [0.05, 0.1) is 0 Å². The average molecular weight is 227 g/mol. The number of fused-ring (bicyclic) bond motifs is 1. The Balaban J connectivity index is 2.67. The lowest BCUT2D eigenvalue weighted by Gasteiger charge is -1.85. The molecular formula is C8H7BrN2O. The van der Waals surface area contributed by atoms with Gasteiger partial charge in [-0.2, -0.15) is 0 Å². The van der Waals surface area contributed by atoms with Gasteiger partial charge < -0.3 is 4.42 Å². The number of rotatable bonds is 1. The lowest BCUT2D eigenvalue weighted by atomic mass is 10.4. The van der Waals surface area contributed by atoms with Gasteiger partial charge >= 0.3 is 0 Å². The maximum Gasteiger partial charge on any atom is 0.248 e. The third-order valence-corrected chi connectivity index (χ3v) is 2.01. The molecule has 0 aromatic carbocycles. The van der Waals surface area contributed by atoms with Crippen molar-refractivity contribution in [2.75, 3.05) is 0 Å². The quantitative estimate of drug-likeness (QED) is 0.702. The normalized spacial score (nSPS) is 10.8. The van der Waals surface area contributed by atoms with Crippen molar-refractivity contribution in [2.24, 2.45) is 0 Å². The van der Waals surface area contributed by atoms with Crippen LogP contribution in [0.4, 0.5) is 0 Å². The van der Waals surface area contributed by atoms with Crippen molar-refractivity contribution in [1.82, 2.24) is 9.97 Å². The van der Waals surface area contributed by atoms with E-state index in [0.29, 0.717) is 5.71 Å². The number of halogens is 1. The second-order valence-corrected chi connectivity index (χ2v) is 3.23. The molecule has 3 nitrogen and oxygen atoms in total. The molecular weight excluding hydrogens is 220 g/mol. The van der Waals surface area contributed by atoms with Gasteiger partial charge in [0, 0.05) is 6.42 Å². The zero-order valence-corrected chi connectivity index (χ0v) is 8.13. The molecule has 2 aromatic heterocycles. The first-order valence-electron chi connectivity index (χ1n) is 3.71. The average Bonchev–Trinajstić information content (AvgIpc) is 2.46. The van der Waals surface area contributed by atoms with Crippen LogP contribution in [-0.2, 0) is 6.42 Å². The van der Waals surface area contributed by atoms with Crippen LogP contribution in [0.25, 0.3) is 11.2 Å². The van der Waals surface area contributed by atoms with Gasteiger partial charge in [-0.05, 0) is 28.1 Å². The summed E-state index contributed by atoms with van der Waals surface area (Å²) in [6.07, 6.45) is 0.800. The fraction of sp³-hybridized carbons (Fsp3) is 0.250. The van der Waals surface area contributed by atoms with Crippen molar-refractivity contribution in [3.05, 3.63) is 22.6 Å². The monoisotopic (exact) mass is 226 g/mol. The third-order valence-electron chi connectivity index (χ3n) is 1.57. The maximum atomic E-state index is 5.35. The smallest absolute Gasteiger partial charge is 0.248 e. The van der Waals surface area contributed by atoms with Gasteiger partial charge in [-0.1, -0.05) is 6.92 Å². The molecule has 0 aliphatic heterocycles. The Morgan fingerprint density at radius 3 is 3.00 bits per heavy atom. The Hall–Kier alpha value is -0.900. The van der Waals surface area contributed by atoms with Crippen molar-refractivity contribution in [2.45, 2.75) is 13.3 Å². The minimum Gasteiger partial charge on any atom is -0.422 e. The minimum atomic E-state index is 0.598. The van der Waals surface area contributed by atoms with Crippen LogP contribution >= 0.6 is 15.9 Å². The fourth-order valence-electron chi connectivity index (χ4n) is 0.991. The summed E-state index contributed by atoms with van der Waals surface area (Å²) in [5.74, 6) is 0.732. The maximum absolute atomic E-state index is 5.35. The topological polar surface area (TPSA) is 38.9 Å². The molecule has 4 heteroatoms. The molecule has 0 amide bonds. The van der Waals surface area contributed by atoms with Crippen LogP contribution in [0.2, 0.25) is 0 Å². The van der Waals surface area contributed by atoms with Crippen molar-refractivity contribution in [3.63, 3.8) is 0 Å². The highest BCUT2D eigenvalue weighted by atomic mass is 79.9. The first-order chi connectivity index (χ1) is 5.79. The molecule has 0 unspecified atom stereocenters. The second kappa shape index (κ2) is 2.86. The van der Waals surface area contributed by atoms with E-state index in [1.807, 2.05) is 19.1 Å². The molecule has 62 valence electrons. The van der Waals surface area contributed by atoms with Crippen LogP contribution in [-0.4, -0.2) is 9.97 Å². The SMILES string of the molecule is CCc1nc2ccc(Br)nc2o1. The van der Waals surface area contributed by atoms with Gasteiger partial charge in [-0.25, -0.2) is 9.97 Å². The standard InChI is InChI=1S/C8H7BrN2O/c1-2-7-10-5-3-4-6(9)11-8(5)12-7/h3-4H,2H2,1H3. The zero-order valence-electron chi connectivity index (χ0n) is 6.54. The summed E-state index contributed by atoms with van der Waals surface area (Å²) in [5, 5.41) is 0. The first kappa shape index (κ1) is 7.73. The van der Waals surface area contributed by atoms with Crippen LogP contribution in [0.1, 0.15) is 12.8 Å². The summed E-state index contributed by atoms with van der Waals surface area (Å²) in [5.41, 5.74) is 1.41. The highest BCUT2D eigenvalue weighted by Gasteiger charge is 2.04. The number of nitrogens with zero attached hydrogens (tertiary/aromatic N) is 2. The molecule has 2 aromatic rings. The van der Waals surface area contributed by atoms with E-state index in [0.717, 1.165) is 22.4 Å². The predicted molar refractivity (Wildman–Crippen MR) is 48.9 cm³/mol. The molecule has 0 atom stereocenters. The van der Waals surface area contributed by atoms with E-state index < -0.39 is 0 Å². The largest absolute Gasteiger partial charge is 0.422 e. The van der Waals surface area contributed by atoms with Gasteiger partial charge in [0.15, 0.2) is 5.89 Å². The van der Waals surface area contributed by atoms with Gasteiger partial charge in [-0.3, -0.25) is 0 Å². The minimum absolute atomic E-state index is 0.598. The van der Waals surface area contributed by atoms with Gasteiger partial charge in [0.2, 0.25) is 5.71 Å².